The van der Waals surface area contributed by atoms with Gasteiger partial charge in [-0.1, -0.05) is 6.92 Å². The normalized spacial score (nSPS) is 11.5. The van der Waals surface area contributed by atoms with Crippen LogP contribution in [0.15, 0.2) is 53.4 Å². The first kappa shape index (κ1) is 16.1. The van der Waals surface area contributed by atoms with Gasteiger partial charge in [-0.05, 0) is 30.3 Å². The van der Waals surface area contributed by atoms with Gasteiger partial charge in [0.15, 0.2) is 9.84 Å². The highest BCUT2D eigenvalue weighted by Crippen LogP contribution is 2.27. The summed E-state index contributed by atoms with van der Waals surface area (Å²) in [4.78, 5) is 4.69. The minimum atomic E-state index is -3.26. The molecule has 2 aromatic carbocycles. The van der Waals surface area contributed by atoms with Gasteiger partial charge >= 0.3 is 0 Å². The lowest BCUT2D eigenvalue weighted by Crippen LogP contribution is -2.03. The molecule has 0 atom stereocenters. The number of aromatic nitrogens is 1. The fourth-order valence-electron chi connectivity index (χ4n) is 2.35. The highest BCUT2D eigenvalue weighted by atomic mass is 32.2. The second-order valence-corrected chi connectivity index (χ2v) is 7.60. The number of aromatic hydroxyl groups is 2. The highest BCUT2D eigenvalue weighted by Gasteiger charge is 2.12. The molecule has 3 N–H and O–H groups in total. The first-order chi connectivity index (χ1) is 11.4. The molecule has 0 unspecified atom stereocenters. The lowest BCUT2D eigenvalue weighted by Gasteiger charge is -2.09. The smallest absolute Gasteiger partial charge is 0.178 e. The van der Waals surface area contributed by atoms with Crippen molar-refractivity contribution in [3.05, 3.63) is 48.5 Å². The molecule has 0 aliphatic heterocycles. The van der Waals surface area contributed by atoms with E-state index in [9.17, 15) is 18.6 Å². The van der Waals surface area contributed by atoms with Gasteiger partial charge < -0.3 is 15.5 Å². The summed E-state index contributed by atoms with van der Waals surface area (Å²) in [5.41, 5.74) is 1.13. The first-order valence-corrected chi connectivity index (χ1v) is 8.96. The van der Waals surface area contributed by atoms with Gasteiger partial charge in [0.1, 0.15) is 17.3 Å². The lowest BCUT2D eigenvalue weighted by molar-refractivity contribution is 0.451. The van der Waals surface area contributed by atoms with E-state index in [1.54, 1.807) is 31.2 Å². The standard InChI is InChI=1S/C17H16N2O4S/c1-2-24(22,23)15-4-5-16-11(7-15)3-6-17(19-16)18-12-8-13(20)10-14(21)9-12/h3-10,20-21H,2H2,1H3,(H,18,19). The van der Waals surface area contributed by atoms with E-state index >= 15 is 0 Å². The zero-order valence-electron chi connectivity index (χ0n) is 12.9. The summed E-state index contributed by atoms with van der Waals surface area (Å²) in [5.74, 6) is 0.436. The molecule has 24 heavy (non-hydrogen) atoms. The lowest BCUT2D eigenvalue weighted by atomic mass is 10.2. The van der Waals surface area contributed by atoms with Crippen LogP contribution in [0.2, 0.25) is 0 Å². The van der Waals surface area contributed by atoms with Gasteiger partial charge in [-0.3, -0.25) is 0 Å². The molecule has 124 valence electrons. The zero-order valence-corrected chi connectivity index (χ0v) is 13.7. The number of rotatable bonds is 4. The molecular formula is C17H16N2O4S. The minimum Gasteiger partial charge on any atom is -0.508 e. The number of fused-ring (bicyclic) bond motifs is 1. The topological polar surface area (TPSA) is 99.5 Å². The first-order valence-electron chi connectivity index (χ1n) is 7.31. The van der Waals surface area contributed by atoms with Crippen LogP contribution in [0.5, 0.6) is 11.5 Å². The van der Waals surface area contributed by atoms with Crippen molar-refractivity contribution in [3.63, 3.8) is 0 Å². The SMILES string of the molecule is CCS(=O)(=O)c1ccc2nc(Nc3cc(O)cc(O)c3)ccc2c1. The molecule has 0 saturated heterocycles. The van der Waals surface area contributed by atoms with Gasteiger partial charge in [-0.25, -0.2) is 13.4 Å². The average Bonchev–Trinajstić information content (AvgIpc) is 2.53. The second-order valence-electron chi connectivity index (χ2n) is 5.32. The summed E-state index contributed by atoms with van der Waals surface area (Å²) in [6.07, 6.45) is 0. The molecule has 1 heterocycles. The molecule has 3 rings (SSSR count). The van der Waals surface area contributed by atoms with Gasteiger partial charge in [0.05, 0.1) is 16.2 Å². The molecule has 0 radical (unpaired) electrons. The van der Waals surface area contributed by atoms with Crippen LogP contribution in [0, 0.1) is 0 Å². The Kier molecular flexibility index (Phi) is 4.02. The number of nitrogens with one attached hydrogen (secondary N) is 1. The summed E-state index contributed by atoms with van der Waals surface area (Å²) in [6, 6.07) is 12.4. The summed E-state index contributed by atoms with van der Waals surface area (Å²) < 4.78 is 23.9. The van der Waals surface area contributed by atoms with Gasteiger partial charge in [-0.2, -0.15) is 0 Å². The van der Waals surface area contributed by atoms with Crippen molar-refractivity contribution in [3.8, 4) is 11.5 Å². The van der Waals surface area contributed by atoms with E-state index in [0.717, 1.165) is 0 Å². The third-order valence-corrected chi connectivity index (χ3v) is 5.31. The Morgan fingerprint density at radius 2 is 1.71 bits per heavy atom. The van der Waals surface area contributed by atoms with Gasteiger partial charge in [0, 0.05) is 29.3 Å². The van der Waals surface area contributed by atoms with Crippen LogP contribution in [0.3, 0.4) is 0 Å². The Hall–Kier alpha value is -2.80. The quantitative estimate of drug-likeness (QED) is 0.672. The Balaban J connectivity index is 1.96. The zero-order chi connectivity index (χ0) is 17.3. The number of phenols is 2. The van der Waals surface area contributed by atoms with Crippen LogP contribution in [-0.2, 0) is 9.84 Å². The van der Waals surface area contributed by atoms with E-state index in [0.29, 0.717) is 22.4 Å². The Bertz CT molecular complexity index is 996. The predicted octanol–water partition coefficient (Wildman–Crippen LogP) is 3.18. The number of anilines is 2. The van der Waals surface area contributed by atoms with E-state index in [1.165, 1.54) is 24.3 Å². The molecule has 0 aliphatic rings. The summed E-state index contributed by atoms with van der Waals surface area (Å²) >= 11 is 0. The molecule has 0 aliphatic carbocycles. The predicted molar refractivity (Wildman–Crippen MR) is 92.5 cm³/mol. The number of pyridine rings is 1. The molecule has 6 nitrogen and oxygen atoms in total. The number of nitrogens with zero attached hydrogens (tertiary/aromatic N) is 1. The molecule has 0 bridgehead atoms. The highest BCUT2D eigenvalue weighted by molar-refractivity contribution is 7.91. The summed E-state index contributed by atoms with van der Waals surface area (Å²) in [7, 11) is -3.26. The van der Waals surface area contributed by atoms with E-state index in [2.05, 4.69) is 10.3 Å². The van der Waals surface area contributed by atoms with Gasteiger partial charge in [0.25, 0.3) is 0 Å². The Morgan fingerprint density at radius 3 is 2.38 bits per heavy atom. The van der Waals surface area contributed by atoms with Crippen LogP contribution in [0.25, 0.3) is 10.9 Å². The van der Waals surface area contributed by atoms with Gasteiger partial charge in [0.2, 0.25) is 0 Å². The Morgan fingerprint density at radius 1 is 1.00 bits per heavy atom. The maximum absolute atomic E-state index is 11.9. The fourth-order valence-corrected chi connectivity index (χ4v) is 3.26. The molecule has 7 heteroatoms. The number of benzene rings is 2. The maximum atomic E-state index is 11.9. The van der Waals surface area contributed by atoms with Crippen molar-refractivity contribution >= 4 is 32.2 Å². The van der Waals surface area contributed by atoms with Gasteiger partial charge in [-0.15, -0.1) is 0 Å². The van der Waals surface area contributed by atoms with Crippen molar-refractivity contribution in [2.45, 2.75) is 11.8 Å². The molecule has 0 fully saturated rings. The molecule has 0 saturated carbocycles. The largest absolute Gasteiger partial charge is 0.508 e. The fraction of sp³-hybridized carbons (Fsp3) is 0.118. The average molecular weight is 344 g/mol. The van der Waals surface area contributed by atoms with Crippen LogP contribution in [-0.4, -0.2) is 29.4 Å². The molecule has 3 aromatic rings. The number of sulfone groups is 1. The second kappa shape index (κ2) is 6.01. The molecule has 1 aromatic heterocycles. The van der Waals surface area contributed by atoms with Crippen molar-refractivity contribution in [2.75, 3.05) is 11.1 Å². The minimum absolute atomic E-state index is 0.0482. The van der Waals surface area contributed by atoms with Crippen molar-refractivity contribution in [2.24, 2.45) is 0 Å². The van der Waals surface area contributed by atoms with Crippen molar-refractivity contribution < 1.29 is 18.6 Å². The van der Waals surface area contributed by atoms with E-state index in [-0.39, 0.29) is 22.1 Å². The van der Waals surface area contributed by atoms with Crippen LogP contribution in [0.1, 0.15) is 6.92 Å². The molecular weight excluding hydrogens is 328 g/mol. The number of phenolic OH excluding ortho intramolecular Hbond substituents is 2. The molecule has 0 amide bonds. The van der Waals surface area contributed by atoms with Crippen LogP contribution >= 0.6 is 0 Å². The van der Waals surface area contributed by atoms with E-state index in [1.807, 2.05) is 0 Å². The maximum Gasteiger partial charge on any atom is 0.178 e. The molecule has 0 spiro atoms. The van der Waals surface area contributed by atoms with E-state index < -0.39 is 9.84 Å². The van der Waals surface area contributed by atoms with E-state index in [4.69, 9.17) is 0 Å². The third kappa shape index (κ3) is 3.26. The van der Waals surface area contributed by atoms with Crippen molar-refractivity contribution in [1.29, 1.82) is 0 Å². The Labute approximate surface area is 139 Å². The summed E-state index contributed by atoms with van der Waals surface area (Å²) in [5, 5.41) is 22.7. The third-order valence-electron chi connectivity index (χ3n) is 3.57. The van der Waals surface area contributed by atoms with Crippen molar-refractivity contribution in [1.82, 2.24) is 4.98 Å². The monoisotopic (exact) mass is 344 g/mol. The summed E-state index contributed by atoms with van der Waals surface area (Å²) in [6.45, 7) is 1.61. The van der Waals surface area contributed by atoms with Crippen LogP contribution in [0.4, 0.5) is 11.5 Å². The number of hydrogen-bond acceptors (Lipinski definition) is 6. The number of hydrogen-bond donors (Lipinski definition) is 3. The van der Waals surface area contributed by atoms with Crippen LogP contribution < -0.4 is 5.32 Å².